The van der Waals surface area contributed by atoms with Gasteiger partial charge in [0.25, 0.3) is 0 Å². The third-order valence-electron chi connectivity index (χ3n) is 7.05. The molecule has 1 aromatic heterocycles. The summed E-state index contributed by atoms with van der Waals surface area (Å²) in [4.78, 5) is 0. The van der Waals surface area contributed by atoms with Crippen molar-refractivity contribution >= 4 is 16.5 Å². The standard InChI is InChI=1S/C30H18F6N2O3/c1-39-19-11-9-16(10-12-19)27-25(24-18(15-38)6-4-8-23(24)41-27)26-21(28(31,32)30(35,36)29(26,33)34)13-20-17(14-37)5-3-7-22(20)40-2/h3-12H,13H2,1-2H3. The zero-order valence-corrected chi connectivity index (χ0v) is 21.4. The molecule has 0 aliphatic heterocycles. The molecular weight excluding hydrogens is 550 g/mol. The molecule has 41 heavy (non-hydrogen) atoms. The highest BCUT2D eigenvalue weighted by Gasteiger charge is 2.80. The number of allylic oxidation sites excluding steroid dienone is 2. The van der Waals surface area contributed by atoms with Crippen LogP contribution in [-0.4, -0.2) is 32.0 Å². The van der Waals surface area contributed by atoms with Gasteiger partial charge in [0.2, 0.25) is 0 Å². The Hall–Kier alpha value is -4.90. The Labute approximate surface area is 229 Å². The number of hydrogen-bond donors (Lipinski definition) is 0. The summed E-state index contributed by atoms with van der Waals surface area (Å²) in [5, 5.41) is 19.0. The number of hydrogen-bond acceptors (Lipinski definition) is 5. The van der Waals surface area contributed by atoms with E-state index in [0.717, 1.165) is 7.11 Å². The summed E-state index contributed by atoms with van der Waals surface area (Å²) in [7, 11) is 2.55. The molecule has 3 aromatic carbocycles. The Morgan fingerprint density at radius 2 is 1.41 bits per heavy atom. The molecule has 1 aliphatic carbocycles. The number of ether oxygens (including phenoxy) is 2. The van der Waals surface area contributed by atoms with Gasteiger partial charge in [-0.2, -0.15) is 36.9 Å². The highest BCUT2D eigenvalue weighted by Crippen LogP contribution is 2.64. The van der Waals surface area contributed by atoms with Crippen LogP contribution in [0.5, 0.6) is 11.5 Å². The molecule has 1 heterocycles. The van der Waals surface area contributed by atoms with Gasteiger partial charge in [0.15, 0.2) is 0 Å². The number of rotatable bonds is 6. The maximum atomic E-state index is 15.8. The summed E-state index contributed by atoms with van der Waals surface area (Å²) in [5.74, 6) is -16.8. The monoisotopic (exact) mass is 568 g/mol. The van der Waals surface area contributed by atoms with E-state index in [-0.39, 0.29) is 39.0 Å². The van der Waals surface area contributed by atoms with Crippen LogP contribution < -0.4 is 9.47 Å². The fourth-order valence-corrected chi connectivity index (χ4v) is 5.04. The van der Waals surface area contributed by atoms with Crippen molar-refractivity contribution < 1.29 is 40.2 Å². The molecule has 0 fully saturated rings. The number of nitrogens with zero attached hydrogens (tertiary/aromatic N) is 2. The Morgan fingerprint density at radius 1 is 0.780 bits per heavy atom. The molecule has 5 rings (SSSR count). The second-order valence-corrected chi connectivity index (χ2v) is 9.18. The Bertz CT molecular complexity index is 1790. The van der Waals surface area contributed by atoms with Gasteiger partial charge in [-0.05, 0) is 48.5 Å². The van der Waals surface area contributed by atoms with Gasteiger partial charge >= 0.3 is 17.8 Å². The summed E-state index contributed by atoms with van der Waals surface area (Å²) in [6.07, 6.45) is -1.18. The molecule has 0 saturated heterocycles. The first-order chi connectivity index (χ1) is 19.4. The van der Waals surface area contributed by atoms with E-state index in [0.29, 0.717) is 5.75 Å². The van der Waals surface area contributed by atoms with Crippen LogP contribution >= 0.6 is 0 Å². The fourth-order valence-electron chi connectivity index (χ4n) is 5.04. The Kier molecular flexibility index (Phi) is 6.50. The number of nitriles is 2. The van der Waals surface area contributed by atoms with Crippen molar-refractivity contribution in [2.75, 3.05) is 14.2 Å². The largest absolute Gasteiger partial charge is 0.497 e. The van der Waals surface area contributed by atoms with Crippen LogP contribution in [0.4, 0.5) is 26.3 Å². The lowest BCUT2D eigenvalue weighted by Gasteiger charge is -2.26. The lowest BCUT2D eigenvalue weighted by atomic mass is 9.89. The van der Waals surface area contributed by atoms with Crippen LogP contribution in [0.3, 0.4) is 0 Å². The van der Waals surface area contributed by atoms with Gasteiger partial charge in [-0.3, -0.25) is 0 Å². The van der Waals surface area contributed by atoms with Crippen LogP contribution in [0.2, 0.25) is 0 Å². The Balaban J connectivity index is 1.94. The summed E-state index contributed by atoms with van der Waals surface area (Å²) in [6.45, 7) is 0. The average Bonchev–Trinajstić information content (AvgIpc) is 3.39. The maximum Gasteiger partial charge on any atom is 0.380 e. The zero-order chi connectivity index (χ0) is 29.7. The van der Waals surface area contributed by atoms with Gasteiger partial charge in [-0.1, -0.05) is 12.1 Å². The highest BCUT2D eigenvalue weighted by molar-refractivity contribution is 6.04. The molecule has 11 heteroatoms. The molecule has 0 unspecified atom stereocenters. The number of halogens is 6. The molecule has 208 valence electrons. The van der Waals surface area contributed by atoms with Gasteiger partial charge in [-0.25, -0.2) is 0 Å². The minimum absolute atomic E-state index is 0.0806. The molecule has 0 amide bonds. The third kappa shape index (κ3) is 3.92. The minimum atomic E-state index is -5.86. The second-order valence-electron chi connectivity index (χ2n) is 9.18. The fraction of sp³-hybridized carbons (Fsp3) is 0.200. The smallest absolute Gasteiger partial charge is 0.380 e. The first kappa shape index (κ1) is 27.7. The van der Waals surface area contributed by atoms with E-state index >= 15 is 26.3 Å². The van der Waals surface area contributed by atoms with E-state index in [1.807, 2.05) is 0 Å². The highest BCUT2D eigenvalue weighted by atomic mass is 19.3. The SMILES string of the molecule is COc1ccc(-c2oc3cccc(C#N)c3c2C2=C(Cc3c(C#N)cccc3OC)C(F)(F)C(F)(F)C2(F)F)cc1. The van der Waals surface area contributed by atoms with Crippen LogP contribution in [0.25, 0.3) is 27.9 Å². The van der Waals surface area contributed by atoms with Crippen molar-refractivity contribution in [2.24, 2.45) is 0 Å². The maximum absolute atomic E-state index is 15.8. The molecule has 0 spiro atoms. The number of methoxy groups -OCH3 is 2. The molecule has 4 aromatic rings. The third-order valence-corrected chi connectivity index (χ3v) is 7.05. The normalized spacial score (nSPS) is 16.8. The molecule has 1 aliphatic rings. The number of benzene rings is 3. The van der Waals surface area contributed by atoms with Crippen LogP contribution in [0.15, 0.2) is 70.7 Å². The second kappa shape index (κ2) is 9.63. The summed E-state index contributed by atoms with van der Waals surface area (Å²) in [5.41, 5.74) is -4.91. The van der Waals surface area contributed by atoms with E-state index in [4.69, 9.17) is 13.9 Å². The van der Waals surface area contributed by atoms with Gasteiger partial charge in [0.1, 0.15) is 22.8 Å². The van der Waals surface area contributed by atoms with Crippen LogP contribution in [0, 0.1) is 22.7 Å². The van der Waals surface area contributed by atoms with Gasteiger partial charge in [0.05, 0.1) is 37.5 Å². The topological polar surface area (TPSA) is 79.2 Å². The van der Waals surface area contributed by atoms with E-state index < -0.39 is 46.7 Å². The van der Waals surface area contributed by atoms with Crippen molar-refractivity contribution in [3.63, 3.8) is 0 Å². The molecule has 0 atom stereocenters. The average molecular weight is 568 g/mol. The molecular formula is C30H18F6N2O3. The van der Waals surface area contributed by atoms with E-state index in [1.54, 1.807) is 12.1 Å². The number of furan rings is 1. The van der Waals surface area contributed by atoms with Crippen LogP contribution in [0.1, 0.15) is 22.3 Å². The number of alkyl halides is 6. The summed E-state index contributed by atoms with van der Waals surface area (Å²) < 4.78 is 109. The lowest BCUT2D eigenvalue weighted by Crippen LogP contribution is -2.49. The predicted molar refractivity (Wildman–Crippen MR) is 136 cm³/mol. The van der Waals surface area contributed by atoms with Crippen LogP contribution in [-0.2, 0) is 6.42 Å². The quantitative estimate of drug-likeness (QED) is 0.222. The zero-order valence-electron chi connectivity index (χ0n) is 21.4. The van der Waals surface area contributed by atoms with Crippen molar-refractivity contribution in [2.45, 2.75) is 24.2 Å². The first-order valence-corrected chi connectivity index (χ1v) is 12.0. The lowest BCUT2D eigenvalue weighted by molar-refractivity contribution is -0.260. The molecule has 0 bridgehead atoms. The van der Waals surface area contributed by atoms with E-state index in [1.165, 1.54) is 67.8 Å². The first-order valence-electron chi connectivity index (χ1n) is 12.0. The molecule has 5 nitrogen and oxygen atoms in total. The van der Waals surface area contributed by atoms with Gasteiger partial charge in [0, 0.05) is 39.6 Å². The van der Waals surface area contributed by atoms with E-state index in [9.17, 15) is 10.5 Å². The molecule has 0 saturated carbocycles. The van der Waals surface area contributed by atoms with Crippen molar-refractivity contribution in [1.82, 2.24) is 0 Å². The summed E-state index contributed by atoms with van der Waals surface area (Å²) in [6, 6.07) is 17.0. The predicted octanol–water partition coefficient (Wildman–Crippen LogP) is 7.78. The van der Waals surface area contributed by atoms with Crippen molar-refractivity contribution in [3.05, 3.63) is 88.5 Å². The van der Waals surface area contributed by atoms with Crippen molar-refractivity contribution in [1.29, 1.82) is 10.5 Å². The van der Waals surface area contributed by atoms with Gasteiger partial charge < -0.3 is 13.9 Å². The summed E-state index contributed by atoms with van der Waals surface area (Å²) >= 11 is 0. The number of fused-ring (bicyclic) bond motifs is 1. The Morgan fingerprint density at radius 3 is 2.02 bits per heavy atom. The van der Waals surface area contributed by atoms with Gasteiger partial charge in [-0.15, -0.1) is 0 Å². The minimum Gasteiger partial charge on any atom is -0.497 e. The molecule has 0 N–H and O–H groups in total. The molecule has 0 radical (unpaired) electrons. The van der Waals surface area contributed by atoms with Crippen molar-refractivity contribution in [3.8, 4) is 35.0 Å². The van der Waals surface area contributed by atoms with E-state index in [2.05, 4.69) is 0 Å².